The number of carbonyl (C=O) groups excluding carboxylic acids is 1. The molecule has 0 bridgehead atoms. The Balaban J connectivity index is 1.62. The first kappa shape index (κ1) is 18.9. The third-order valence-corrected chi connectivity index (χ3v) is 7.09. The fraction of sp³-hybridized carbons (Fsp3) is 0.316. The molecule has 3 rings (SSSR count). The van der Waals surface area contributed by atoms with Crippen molar-refractivity contribution >= 4 is 27.3 Å². The molecular formula is C19H19ClFNO3S. The molecule has 1 aliphatic rings. The Morgan fingerprint density at radius 1 is 1.15 bits per heavy atom. The average molecular weight is 396 g/mol. The summed E-state index contributed by atoms with van der Waals surface area (Å²) in [6.45, 7) is 0.564. The van der Waals surface area contributed by atoms with Gasteiger partial charge in [0, 0.05) is 24.5 Å². The van der Waals surface area contributed by atoms with E-state index in [2.05, 4.69) is 0 Å². The lowest BCUT2D eigenvalue weighted by Crippen LogP contribution is -2.32. The minimum Gasteiger partial charge on any atom is -0.341 e. The van der Waals surface area contributed by atoms with Crippen LogP contribution >= 0.6 is 11.6 Å². The normalized spacial score (nSPS) is 17.5. The highest BCUT2D eigenvalue weighted by Gasteiger charge is 2.35. The van der Waals surface area contributed by atoms with Gasteiger partial charge in [0.1, 0.15) is 5.82 Å². The maximum Gasteiger partial charge on any atom is 0.222 e. The minimum atomic E-state index is -3.51. The van der Waals surface area contributed by atoms with E-state index in [1.807, 2.05) is 0 Å². The molecule has 0 spiro atoms. The van der Waals surface area contributed by atoms with Crippen LogP contribution in [-0.4, -0.2) is 37.6 Å². The monoisotopic (exact) mass is 395 g/mol. The van der Waals surface area contributed by atoms with Crippen molar-refractivity contribution in [3.8, 4) is 0 Å². The fourth-order valence-electron chi connectivity index (χ4n) is 3.13. The van der Waals surface area contributed by atoms with Gasteiger partial charge in [0.25, 0.3) is 0 Å². The SMILES string of the molecule is O=C(CCc1ccccc1F)N1CCC(S(=O)(=O)c2ccc(Cl)cc2)C1. The van der Waals surface area contributed by atoms with Crippen LogP contribution in [0.2, 0.25) is 5.02 Å². The van der Waals surface area contributed by atoms with Crippen molar-refractivity contribution in [3.63, 3.8) is 0 Å². The van der Waals surface area contributed by atoms with Gasteiger partial charge in [-0.3, -0.25) is 4.79 Å². The second kappa shape index (κ2) is 7.76. The molecule has 1 fully saturated rings. The molecular weight excluding hydrogens is 377 g/mol. The molecule has 0 radical (unpaired) electrons. The summed E-state index contributed by atoms with van der Waals surface area (Å²) in [5, 5.41) is -0.151. The number of likely N-dealkylation sites (tertiary alicyclic amines) is 1. The third kappa shape index (κ3) is 4.07. The average Bonchev–Trinajstić information content (AvgIpc) is 3.12. The van der Waals surface area contributed by atoms with Gasteiger partial charge in [0.15, 0.2) is 9.84 Å². The molecule has 1 aliphatic heterocycles. The summed E-state index contributed by atoms with van der Waals surface area (Å²) in [7, 11) is -3.51. The van der Waals surface area contributed by atoms with Crippen LogP contribution < -0.4 is 0 Å². The number of aryl methyl sites for hydroxylation is 1. The number of hydrogen-bond acceptors (Lipinski definition) is 3. The van der Waals surface area contributed by atoms with E-state index in [-0.39, 0.29) is 29.6 Å². The summed E-state index contributed by atoms with van der Waals surface area (Å²) in [6.07, 6.45) is 0.863. The van der Waals surface area contributed by atoms with Gasteiger partial charge in [-0.15, -0.1) is 0 Å². The van der Waals surface area contributed by atoms with Crippen LogP contribution in [0.4, 0.5) is 4.39 Å². The van der Waals surface area contributed by atoms with Crippen molar-refractivity contribution in [1.29, 1.82) is 0 Å². The minimum absolute atomic E-state index is 0.151. The molecule has 0 aliphatic carbocycles. The molecule has 1 atom stereocenters. The van der Waals surface area contributed by atoms with E-state index in [1.165, 1.54) is 18.2 Å². The molecule has 2 aromatic rings. The first-order valence-corrected chi connectivity index (χ1v) is 10.3. The standard InChI is InChI=1S/C19H19ClFNO3S/c20-15-6-8-16(9-7-15)26(24,25)17-11-12-22(13-17)19(23)10-5-14-3-1-2-4-18(14)21/h1-4,6-9,17H,5,10-13H2. The van der Waals surface area contributed by atoms with E-state index in [0.717, 1.165) is 0 Å². The maximum atomic E-state index is 13.6. The van der Waals surface area contributed by atoms with Gasteiger partial charge in [-0.05, 0) is 48.7 Å². The van der Waals surface area contributed by atoms with Crippen LogP contribution in [0.25, 0.3) is 0 Å². The van der Waals surface area contributed by atoms with Gasteiger partial charge in [-0.2, -0.15) is 0 Å². The van der Waals surface area contributed by atoms with Crippen molar-refractivity contribution in [3.05, 3.63) is 64.9 Å². The lowest BCUT2D eigenvalue weighted by atomic mass is 10.1. The second-order valence-corrected chi connectivity index (χ2v) is 9.01. The Morgan fingerprint density at radius 3 is 2.54 bits per heavy atom. The van der Waals surface area contributed by atoms with Gasteiger partial charge in [-0.1, -0.05) is 29.8 Å². The first-order valence-electron chi connectivity index (χ1n) is 8.38. The molecule has 7 heteroatoms. The van der Waals surface area contributed by atoms with E-state index in [4.69, 9.17) is 11.6 Å². The predicted octanol–water partition coefficient (Wildman–Crippen LogP) is 3.49. The van der Waals surface area contributed by atoms with E-state index < -0.39 is 15.1 Å². The van der Waals surface area contributed by atoms with Gasteiger partial charge in [0.05, 0.1) is 10.1 Å². The summed E-state index contributed by atoms with van der Waals surface area (Å²) < 4.78 is 39.1. The molecule has 1 amide bonds. The van der Waals surface area contributed by atoms with E-state index in [0.29, 0.717) is 30.0 Å². The molecule has 1 heterocycles. The lowest BCUT2D eigenvalue weighted by molar-refractivity contribution is -0.130. The molecule has 1 unspecified atom stereocenters. The summed E-state index contributed by atoms with van der Waals surface area (Å²) in [6, 6.07) is 12.4. The Hall–Kier alpha value is -1.92. The predicted molar refractivity (Wildman–Crippen MR) is 98.3 cm³/mol. The largest absolute Gasteiger partial charge is 0.341 e. The number of halogens is 2. The van der Waals surface area contributed by atoms with E-state index >= 15 is 0 Å². The van der Waals surface area contributed by atoms with Crippen LogP contribution in [0.1, 0.15) is 18.4 Å². The number of sulfone groups is 1. The topological polar surface area (TPSA) is 54.5 Å². The van der Waals surface area contributed by atoms with Crippen LogP contribution in [0.5, 0.6) is 0 Å². The molecule has 138 valence electrons. The zero-order chi connectivity index (χ0) is 18.7. The highest BCUT2D eigenvalue weighted by Crippen LogP contribution is 2.25. The Kier molecular flexibility index (Phi) is 5.63. The third-order valence-electron chi connectivity index (χ3n) is 4.64. The fourth-order valence-corrected chi connectivity index (χ4v) is 4.94. The van der Waals surface area contributed by atoms with Crippen LogP contribution in [-0.2, 0) is 21.1 Å². The van der Waals surface area contributed by atoms with Gasteiger partial charge in [-0.25, -0.2) is 12.8 Å². The van der Waals surface area contributed by atoms with Crippen molar-refractivity contribution < 1.29 is 17.6 Å². The Morgan fingerprint density at radius 2 is 1.85 bits per heavy atom. The van der Waals surface area contributed by atoms with Crippen molar-refractivity contribution in [2.24, 2.45) is 0 Å². The zero-order valence-corrected chi connectivity index (χ0v) is 15.6. The van der Waals surface area contributed by atoms with E-state index in [1.54, 1.807) is 35.2 Å². The Bertz CT molecular complexity index is 899. The lowest BCUT2D eigenvalue weighted by Gasteiger charge is -2.17. The van der Waals surface area contributed by atoms with Crippen molar-refractivity contribution in [2.75, 3.05) is 13.1 Å². The molecule has 2 aromatic carbocycles. The maximum absolute atomic E-state index is 13.6. The number of nitrogens with zero attached hydrogens (tertiary/aromatic N) is 1. The van der Waals surface area contributed by atoms with Gasteiger partial charge < -0.3 is 4.90 Å². The number of hydrogen-bond donors (Lipinski definition) is 0. The molecule has 0 aromatic heterocycles. The summed E-state index contributed by atoms with van der Waals surface area (Å²) in [4.78, 5) is 14.1. The second-order valence-electron chi connectivity index (χ2n) is 6.34. The zero-order valence-electron chi connectivity index (χ0n) is 14.1. The first-order chi connectivity index (χ1) is 12.4. The summed E-state index contributed by atoms with van der Waals surface area (Å²) in [5.41, 5.74) is 0.491. The highest BCUT2D eigenvalue weighted by atomic mass is 35.5. The number of rotatable bonds is 5. The van der Waals surface area contributed by atoms with Crippen molar-refractivity contribution in [1.82, 2.24) is 4.90 Å². The van der Waals surface area contributed by atoms with Gasteiger partial charge in [0.2, 0.25) is 5.91 Å². The van der Waals surface area contributed by atoms with Crippen LogP contribution in [0.15, 0.2) is 53.4 Å². The number of amides is 1. The highest BCUT2D eigenvalue weighted by molar-refractivity contribution is 7.92. The quantitative estimate of drug-likeness (QED) is 0.778. The molecule has 0 saturated carbocycles. The summed E-state index contributed by atoms with van der Waals surface area (Å²) in [5.74, 6) is -0.480. The molecule has 26 heavy (non-hydrogen) atoms. The molecule has 4 nitrogen and oxygen atoms in total. The molecule has 1 saturated heterocycles. The van der Waals surface area contributed by atoms with E-state index in [9.17, 15) is 17.6 Å². The van der Waals surface area contributed by atoms with Crippen molar-refractivity contribution in [2.45, 2.75) is 29.4 Å². The molecule has 0 N–H and O–H groups in total. The smallest absolute Gasteiger partial charge is 0.222 e. The number of benzene rings is 2. The summed E-state index contributed by atoms with van der Waals surface area (Å²) >= 11 is 5.81. The Labute approximate surface area is 157 Å². The van der Waals surface area contributed by atoms with Gasteiger partial charge >= 0.3 is 0 Å². The van der Waals surface area contributed by atoms with Crippen LogP contribution in [0.3, 0.4) is 0 Å². The number of carbonyl (C=O) groups is 1. The van der Waals surface area contributed by atoms with Crippen LogP contribution in [0, 0.1) is 5.82 Å².